The molecule has 1 N–H and O–H groups in total. The van der Waals surface area contributed by atoms with Gasteiger partial charge in [-0.25, -0.2) is 0 Å². The van der Waals surface area contributed by atoms with Gasteiger partial charge >= 0.3 is 0 Å². The van der Waals surface area contributed by atoms with Gasteiger partial charge in [0, 0.05) is 18.3 Å². The molecule has 2 aromatic carbocycles. The first-order valence-electron chi connectivity index (χ1n) is 10.1. The molecule has 7 nitrogen and oxygen atoms in total. The summed E-state index contributed by atoms with van der Waals surface area (Å²) < 4.78 is 13.3. The van der Waals surface area contributed by atoms with E-state index in [1.165, 1.54) is 11.8 Å². The van der Waals surface area contributed by atoms with Gasteiger partial charge in [-0.05, 0) is 63.1 Å². The van der Waals surface area contributed by atoms with Crippen LogP contribution in [0.3, 0.4) is 0 Å². The summed E-state index contributed by atoms with van der Waals surface area (Å²) in [6.07, 6.45) is -0.307. The SMILES string of the molecule is CCn1c(SCC(=O)Nc2cc(C)cc(C)c2)nnc1C(C)Oc1cccc(OC)c1. The van der Waals surface area contributed by atoms with Crippen molar-refractivity contribution in [2.45, 2.75) is 45.5 Å². The number of anilines is 1. The molecule has 0 radical (unpaired) electrons. The molecular weight excluding hydrogens is 412 g/mol. The summed E-state index contributed by atoms with van der Waals surface area (Å²) in [5.74, 6) is 2.30. The Morgan fingerprint density at radius 3 is 2.52 bits per heavy atom. The quantitative estimate of drug-likeness (QED) is 0.482. The molecule has 1 aromatic heterocycles. The second-order valence-corrected chi connectivity index (χ2v) is 8.18. The highest BCUT2D eigenvalue weighted by Crippen LogP contribution is 2.27. The molecule has 1 atom stereocenters. The number of aromatic nitrogens is 3. The summed E-state index contributed by atoms with van der Waals surface area (Å²) >= 11 is 1.36. The van der Waals surface area contributed by atoms with Gasteiger partial charge < -0.3 is 19.4 Å². The van der Waals surface area contributed by atoms with E-state index in [2.05, 4.69) is 21.6 Å². The van der Waals surface area contributed by atoms with E-state index in [-0.39, 0.29) is 17.8 Å². The van der Waals surface area contributed by atoms with Gasteiger partial charge in [0.1, 0.15) is 11.5 Å². The molecule has 164 valence electrons. The van der Waals surface area contributed by atoms with Crippen molar-refractivity contribution in [1.29, 1.82) is 0 Å². The van der Waals surface area contributed by atoms with E-state index in [1.54, 1.807) is 7.11 Å². The van der Waals surface area contributed by atoms with E-state index in [1.807, 2.05) is 68.7 Å². The number of ether oxygens (including phenoxy) is 2. The molecule has 8 heteroatoms. The second-order valence-electron chi connectivity index (χ2n) is 7.24. The second kappa shape index (κ2) is 10.3. The minimum atomic E-state index is -0.307. The zero-order valence-electron chi connectivity index (χ0n) is 18.5. The summed E-state index contributed by atoms with van der Waals surface area (Å²) in [6.45, 7) is 8.64. The fourth-order valence-electron chi connectivity index (χ4n) is 3.31. The highest BCUT2D eigenvalue weighted by Gasteiger charge is 2.19. The van der Waals surface area contributed by atoms with Gasteiger partial charge in [-0.1, -0.05) is 23.9 Å². The normalized spacial score (nSPS) is 11.8. The fourth-order valence-corrected chi connectivity index (χ4v) is 4.12. The Morgan fingerprint density at radius 2 is 1.84 bits per heavy atom. The highest BCUT2D eigenvalue weighted by atomic mass is 32.2. The van der Waals surface area contributed by atoms with Crippen LogP contribution in [0.5, 0.6) is 11.5 Å². The lowest BCUT2D eigenvalue weighted by atomic mass is 10.1. The van der Waals surface area contributed by atoms with Crippen LogP contribution in [-0.2, 0) is 11.3 Å². The summed E-state index contributed by atoms with van der Waals surface area (Å²) in [4.78, 5) is 12.4. The first-order chi connectivity index (χ1) is 14.9. The number of benzene rings is 2. The molecule has 0 aliphatic carbocycles. The van der Waals surface area contributed by atoms with E-state index in [0.717, 1.165) is 22.6 Å². The van der Waals surface area contributed by atoms with Crippen LogP contribution >= 0.6 is 11.8 Å². The lowest BCUT2D eigenvalue weighted by Gasteiger charge is -2.16. The third-order valence-electron chi connectivity index (χ3n) is 4.62. The first kappa shape index (κ1) is 22.7. The third kappa shape index (κ3) is 6.01. The van der Waals surface area contributed by atoms with Crippen LogP contribution in [0.2, 0.25) is 0 Å². The van der Waals surface area contributed by atoms with Crippen molar-refractivity contribution in [1.82, 2.24) is 14.8 Å². The lowest BCUT2D eigenvalue weighted by molar-refractivity contribution is -0.113. The summed E-state index contributed by atoms with van der Waals surface area (Å²) in [5.41, 5.74) is 3.03. The molecular formula is C23H28N4O3S. The van der Waals surface area contributed by atoms with Gasteiger partial charge in [0.25, 0.3) is 0 Å². The third-order valence-corrected chi connectivity index (χ3v) is 5.58. The smallest absolute Gasteiger partial charge is 0.234 e. The number of amides is 1. The Morgan fingerprint density at radius 1 is 1.13 bits per heavy atom. The average Bonchev–Trinajstić information content (AvgIpc) is 3.14. The molecule has 0 aliphatic heterocycles. The first-order valence-corrected chi connectivity index (χ1v) is 11.1. The maximum absolute atomic E-state index is 12.4. The summed E-state index contributed by atoms with van der Waals surface area (Å²) in [7, 11) is 1.62. The largest absolute Gasteiger partial charge is 0.497 e. The minimum Gasteiger partial charge on any atom is -0.497 e. The molecule has 0 saturated heterocycles. The Balaban J connectivity index is 1.64. The Labute approximate surface area is 187 Å². The van der Waals surface area contributed by atoms with Gasteiger partial charge in [0.2, 0.25) is 5.91 Å². The molecule has 3 aromatic rings. The van der Waals surface area contributed by atoms with Gasteiger partial charge in [0.15, 0.2) is 17.1 Å². The van der Waals surface area contributed by atoms with Gasteiger partial charge in [0.05, 0.1) is 12.9 Å². The number of hydrogen-bond donors (Lipinski definition) is 1. The molecule has 3 rings (SSSR count). The summed E-state index contributed by atoms with van der Waals surface area (Å²) in [5, 5.41) is 12.2. The van der Waals surface area contributed by atoms with Crippen molar-refractivity contribution >= 4 is 23.4 Å². The summed E-state index contributed by atoms with van der Waals surface area (Å²) in [6, 6.07) is 13.4. The van der Waals surface area contributed by atoms with Crippen molar-refractivity contribution < 1.29 is 14.3 Å². The van der Waals surface area contributed by atoms with Crippen LogP contribution in [-0.4, -0.2) is 33.5 Å². The number of methoxy groups -OCH3 is 1. The standard InChI is InChI=1S/C23H28N4O3S/c1-6-27-22(17(4)30-20-9-7-8-19(13-20)29-5)25-26-23(27)31-14-21(28)24-18-11-15(2)10-16(3)12-18/h7-13,17H,6,14H2,1-5H3,(H,24,28). The van der Waals surface area contributed by atoms with Crippen LogP contribution < -0.4 is 14.8 Å². The van der Waals surface area contributed by atoms with E-state index in [9.17, 15) is 4.79 Å². The average molecular weight is 441 g/mol. The number of aryl methyl sites for hydroxylation is 2. The number of rotatable bonds is 9. The number of nitrogens with zero attached hydrogens (tertiary/aromatic N) is 3. The van der Waals surface area contributed by atoms with Crippen LogP contribution in [0.1, 0.15) is 36.9 Å². The number of carbonyl (C=O) groups is 1. The van der Waals surface area contributed by atoms with Gasteiger partial charge in [-0.2, -0.15) is 0 Å². The topological polar surface area (TPSA) is 78.3 Å². The molecule has 31 heavy (non-hydrogen) atoms. The van der Waals surface area contributed by atoms with Crippen LogP contribution in [0.25, 0.3) is 0 Å². The molecule has 0 saturated carbocycles. The maximum atomic E-state index is 12.4. The molecule has 0 bridgehead atoms. The number of carbonyl (C=O) groups excluding carboxylic acids is 1. The fraction of sp³-hybridized carbons (Fsp3) is 0.348. The molecule has 1 unspecified atom stereocenters. The molecule has 0 spiro atoms. The number of nitrogens with one attached hydrogen (secondary N) is 1. The molecule has 0 aliphatic rings. The Hall–Kier alpha value is -3.00. The van der Waals surface area contributed by atoms with Gasteiger partial charge in [-0.3, -0.25) is 4.79 Å². The number of thioether (sulfide) groups is 1. The van der Waals surface area contributed by atoms with Crippen molar-refractivity contribution in [2.24, 2.45) is 0 Å². The number of hydrogen-bond acceptors (Lipinski definition) is 6. The highest BCUT2D eigenvalue weighted by molar-refractivity contribution is 7.99. The van der Waals surface area contributed by atoms with Crippen LogP contribution in [0.4, 0.5) is 5.69 Å². The van der Waals surface area contributed by atoms with E-state index >= 15 is 0 Å². The predicted molar refractivity (Wildman–Crippen MR) is 123 cm³/mol. The van der Waals surface area contributed by atoms with E-state index in [0.29, 0.717) is 23.3 Å². The van der Waals surface area contributed by atoms with Gasteiger partial charge in [-0.15, -0.1) is 10.2 Å². The molecule has 1 heterocycles. The van der Waals surface area contributed by atoms with Crippen LogP contribution in [0, 0.1) is 13.8 Å². The van der Waals surface area contributed by atoms with E-state index in [4.69, 9.17) is 9.47 Å². The maximum Gasteiger partial charge on any atom is 0.234 e. The molecule has 0 fully saturated rings. The monoisotopic (exact) mass is 440 g/mol. The zero-order valence-corrected chi connectivity index (χ0v) is 19.3. The van der Waals surface area contributed by atoms with Crippen molar-refractivity contribution in [3.8, 4) is 11.5 Å². The molecule has 1 amide bonds. The van der Waals surface area contributed by atoms with E-state index < -0.39 is 0 Å². The van der Waals surface area contributed by atoms with Crippen molar-refractivity contribution in [3.63, 3.8) is 0 Å². The minimum absolute atomic E-state index is 0.0807. The predicted octanol–water partition coefficient (Wildman–Crippen LogP) is 4.79. The zero-order chi connectivity index (χ0) is 22.4. The lowest BCUT2D eigenvalue weighted by Crippen LogP contribution is -2.15. The van der Waals surface area contributed by atoms with Crippen molar-refractivity contribution in [2.75, 3.05) is 18.2 Å². The Bertz CT molecular complexity index is 1030. The Kier molecular flexibility index (Phi) is 7.57. The van der Waals surface area contributed by atoms with Crippen LogP contribution in [0.15, 0.2) is 47.6 Å². The van der Waals surface area contributed by atoms with Crippen molar-refractivity contribution in [3.05, 3.63) is 59.4 Å².